The fraction of sp³-hybridized carbons (Fsp3) is 0.500. The molecule has 1 aromatic heterocycles. The zero-order valence-electron chi connectivity index (χ0n) is 6.94. The number of carbonyl (C=O) groups is 1. The van der Waals surface area contributed by atoms with Crippen LogP contribution in [0, 0.1) is 9.87 Å². The van der Waals surface area contributed by atoms with Gasteiger partial charge in [0.2, 0.25) is 5.91 Å². The van der Waals surface area contributed by atoms with E-state index in [4.69, 9.17) is 18.0 Å². The summed E-state index contributed by atoms with van der Waals surface area (Å²) in [4.78, 5) is 10.7. The van der Waals surface area contributed by atoms with Gasteiger partial charge in [-0.15, -0.1) is 0 Å². The zero-order valence-corrected chi connectivity index (χ0v) is 9.39. The Bertz CT molecular complexity index is 345. The van der Waals surface area contributed by atoms with Gasteiger partial charge in [0.1, 0.15) is 0 Å². The Morgan fingerprint density at radius 1 is 1.92 bits per heavy atom. The van der Waals surface area contributed by atoms with Crippen molar-refractivity contribution >= 4 is 41.2 Å². The molecule has 4 nitrogen and oxygen atoms in total. The maximum Gasteiger partial charge on any atom is 0.221 e. The summed E-state index contributed by atoms with van der Waals surface area (Å²) in [5.41, 5.74) is 5.11. The number of primary amides is 1. The lowest BCUT2D eigenvalue weighted by atomic mass is 10.2. The van der Waals surface area contributed by atoms with Crippen molar-refractivity contribution in [2.75, 3.05) is 5.75 Å². The van der Waals surface area contributed by atoms with Crippen LogP contribution in [-0.2, 0) is 4.79 Å². The maximum absolute atomic E-state index is 10.7. The van der Waals surface area contributed by atoms with Crippen molar-refractivity contribution in [3.05, 3.63) is 3.95 Å². The van der Waals surface area contributed by atoms with Crippen molar-refractivity contribution < 1.29 is 4.79 Å². The Morgan fingerprint density at radius 3 is 3.08 bits per heavy atom. The second-order valence-corrected chi connectivity index (χ2v) is 5.43. The molecule has 13 heavy (non-hydrogen) atoms. The SMILES string of the molecule is CC(CSc1n[nH]c(=S)s1)C(N)=O. The summed E-state index contributed by atoms with van der Waals surface area (Å²) in [6, 6.07) is 0. The second kappa shape index (κ2) is 4.73. The van der Waals surface area contributed by atoms with Gasteiger partial charge in [-0.2, -0.15) is 5.10 Å². The summed E-state index contributed by atoms with van der Waals surface area (Å²) in [5.74, 6) is 0.222. The van der Waals surface area contributed by atoms with Crippen molar-refractivity contribution in [3.8, 4) is 0 Å². The predicted molar refractivity (Wildman–Crippen MR) is 56.4 cm³/mol. The van der Waals surface area contributed by atoms with E-state index in [1.54, 1.807) is 6.92 Å². The Balaban J connectivity index is 2.43. The average Bonchev–Trinajstić information content (AvgIpc) is 2.47. The highest BCUT2D eigenvalue weighted by Crippen LogP contribution is 2.22. The molecule has 0 fully saturated rings. The highest BCUT2D eigenvalue weighted by Gasteiger charge is 2.09. The number of nitrogens with one attached hydrogen (secondary N) is 1. The Morgan fingerprint density at radius 2 is 2.62 bits per heavy atom. The molecular weight excluding hydrogens is 226 g/mol. The van der Waals surface area contributed by atoms with Gasteiger partial charge in [0.25, 0.3) is 0 Å². The number of hydrogen-bond donors (Lipinski definition) is 2. The molecule has 3 N–H and O–H groups in total. The van der Waals surface area contributed by atoms with Crippen molar-refractivity contribution in [1.82, 2.24) is 10.2 Å². The molecule has 1 aromatic rings. The number of rotatable bonds is 4. The molecular formula is C6H9N3OS3. The molecule has 0 aliphatic heterocycles. The van der Waals surface area contributed by atoms with Crippen LogP contribution >= 0.6 is 35.3 Å². The van der Waals surface area contributed by atoms with E-state index in [9.17, 15) is 4.79 Å². The van der Waals surface area contributed by atoms with Crippen LogP contribution in [0.4, 0.5) is 0 Å². The van der Waals surface area contributed by atoms with E-state index in [-0.39, 0.29) is 11.8 Å². The fourth-order valence-electron chi connectivity index (χ4n) is 0.556. The van der Waals surface area contributed by atoms with E-state index in [1.165, 1.54) is 23.1 Å². The summed E-state index contributed by atoms with van der Waals surface area (Å²) >= 11 is 7.75. The average molecular weight is 235 g/mol. The minimum atomic E-state index is -0.286. The number of H-pyrrole nitrogens is 1. The molecule has 1 amide bonds. The van der Waals surface area contributed by atoms with Crippen molar-refractivity contribution in [2.45, 2.75) is 11.3 Å². The number of nitrogens with two attached hydrogens (primary N) is 1. The van der Waals surface area contributed by atoms with E-state index in [0.717, 1.165) is 4.34 Å². The summed E-state index contributed by atoms with van der Waals surface area (Å²) in [6.45, 7) is 1.79. The molecule has 1 rings (SSSR count). The van der Waals surface area contributed by atoms with Gasteiger partial charge < -0.3 is 5.73 Å². The Kier molecular flexibility index (Phi) is 3.89. The summed E-state index contributed by atoms with van der Waals surface area (Å²) in [5, 5.41) is 6.62. The third-order valence-corrected chi connectivity index (χ3v) is 3.85. The van der Waals surface area contributed by atoms with Crippen LogP contribution in [0.5, 0.6) is 0 Å². The van der Waals surface area contributed by atoms with Crippen molar-refractivity contribution in [1.29, 1.82) is 0 Å². The van der Waals surface area contributed by atoms with Crippen LogP contribution in [0.3, 0.4) is 0 Å². The summed E-state index contributed by atoms with van der Waals surface area (Å²) in [6.07, 6.45) is 0. The predicted octanol–water partition coefficient (Wildman–Crippen LogP) is 1.41. The minimum absolute atomic E-state index is 0.137. The minimum Gasteiger partial charge on any atom is -0.369 e. The van der Waals surface area contributed by atoms with Gasteiger partial charge >= 0.3 is 0 Å². The van der Waals surface area contributed by atoms with Gasteiger partial charge in [-0.25, -0.2) is 0 Å². The third kappa shape index (κ3) is 3.45. The topological polar surface area (TPSA) is 71.8 Å². The lowest BCUT2D eigenvalue weighted by Gasteiger charge is -2.02. The number of amides is 1. The van der Waals surface area contributed by atoms with E-state index < -0.39 is 0 Å². The highest BCUT2D eigenvalue weighted by molar-refractivity contribution is 8.01. The van der Waals surface area contributed by atoms with Gasteiger partial charge in [0, 0.05) is 11.7 Å². The van der Waals surface area contributed by atoms with Crippen LogP contribution < -0.4 is 5.73 Å². The molecule has 0 saturated heterocycles. The number of aromatic amines is 1. The first kappa shape index (κ1) is 10.7. The number of aromatic nitrogens is 2. The lowest BCUT2D eigenvalue weighted by molar-refractivity contribution is -0.120. The molecule has 7 heteroatoms. The van der Waals surface area contributed by atoms with Gasteiger partial charge in [-0.05, 0) is 12.2 Å². The first-order valence-corrected chi connectivity index (χ1v) is 5.78. The van der Waals surface area contributed by atoms with Crippen LogP contribution in [0.2, 0.25) is 0 Å². The number of thioether (sulfide) groups is 1. The quantitative estimate of drug-likeness (QED) is 0.611. The zero-order chi connectivity index (χ0) is 9.84. The largest absolute Gasteiger partial charge is 0.369 e. The number of hydrogen-bond acceptors (Lipinski definition) is 5. The first-order valence-electron chi connectivity index (χ1n) is 3.57. The molecule has 0 radical (unpaired) electrons. The number of carbonyl (C=O) groups excluding carboxylic acids is 1. The molecule has 0 bridgehead atoms. The summed E-state index contributed by atoms with van der Waals surface area (Å²) < 4.78 is 1.49. The molecule has 1 heterocycles. The molecule has 0 aliphatic carbocycles. The third-order valence-electron chi connectivity index (χ3n) is 1.36. The van der Waals surface area contributed by atoms with Gasteiger partial charge in [-0.3, -0.25) is 9.89 Å². The van der Waals surface area contributed by atoms with E-state index in [1.807, 2.05) is 0 Å². The lowest BCUT2D eigenvalue weighted by Crippen LogP contribution is -2.22. The Hall–Kier alpha value is -0.400. The molecule has 1 unspecified atom stereocenters. The van der Waals surface area contributed by atoms with Crippen LogP contribution in [0.15, 0.2) is 4.34 Å². The normalized spacial score (nSPS) is 12.7. The molecule has 72 valence electrons. The van der Waals surface area contributed by atoms with Crippen LogP contribution in [-0.4, -0.2) is 21.9 Å². The highest BCUT2D eigenvalue weighted by atomic mass is 32.2. The number of nitrogens with zero attached hydrogens (tertiary/aromatic N) is 1. The van der Waals surface area contributed by atoms with Crippen LogP contribution in [0.1, 0.15) is 6.92 Å². The van der Waals surface area contributed by atoms with Gasteiger partial charge in [0.05, 0.1) is 0 Å². The van der Waals surface area contributed by atoms with E-state index in [0.29, 0.717) is 9.71 Å². The monoisotopic (exact) mass is 235 g/mol. The smallest absolute Gasteiger partial charge is 0.221 e. The fourth-order valence-corrected chi connectivity index (χ4v) is 2.70. The van der Waals surface area contributed by atoms with E-state index in [2.05, 4.69) is 10.2 Å². The van der Waals surface area contributed by atoms with Crippen molar-refractivity contribution in [2.24, 2.45) is 11.7 Å². The van der Waals surface area contributed by atoms with E-state index >= 15 is 0 Å². The molecule has 0 aromatic carbocycles. The Labute approximate surface area is 88.9 Å². The molecule has 0 spiro atoms. The van der Waals surface area contributed by atoms with Crippen LogP contribution in [0.25, 0.3) is 0 Å². The first-order chi connectivity index (χ1) is 6.09. The second-order valence-electron chi connectivity index (χ2n) is 2.49. The maximum atomic E-state index is 10.7. The molecule has 0 aliphatic rings. The van der Waals surface area contributed by atoms with Gasteiger partial charge in [-0.1, -0.05) is 30.0 Å². The molecule has 1 atom stereocenters. The van der Waals surface area contributed by atoms with Gasteiger partial charge in [0.15, 0.2) is 8.29 Å². The van der Waals surface area contributed by atoms with Crippen molar-refractivity contribution in [3.63, 3.8) is 0 Å². The summed E-state index contributed by atoms with van der Waals surface area (Å²) in [7, 11) is 0. The molecule has 0 saturated carbocycles. The standard InChI is InChI=1S/C6H9N3OS3/c1-3(4(7)10)2-12-6-9-8-5(11)13-6/h3H,2H2,1H3,(H2,7,10)(H,8,11).